The average Bonchev–Trinajstić information content (AvgIpc) is 2.18. The van der Waals surface area contributed by atoms with Gasteiger partial charge in [-0.15, -0.1) is 0 Å². The summed E-state index contributed by atoms with van der Waals surface area (Å²) in [4.78, 5) is 0. The Morgan fingerprint density at radius 1 is 1.67 bits per heavy atom. The monoisotopic (exact) mass is 132 g/mol. The summed E-state index contributed by atoms with van der Waals surface area (Å²) in [5.41, 5.74) is 0. The zero-order valence-corrected chi connectivity index (χ0v) is 5.54. The fourth-order valence-electron chi connectivity index (χ4n) is 0.897. The minimum atomic E-state index is -0.412. The minimum absolute atomic E-state index is 0.0880. The maximum atomic E-state index is 9.07. The summed E-state index contributed by atoms with van der Waals surface area (Å²) in [5.74, 6) is 0. The molecule has 0 saturated carbocycles. The number of hydrogen-bond donors (Lipinski definition) is 1. The van der Waals surface area contributed by atoms with E-state index in [1.54, 1.807) is 0 Å². The highest BCUT2D eigenvalue weighted by molar-refractivity contribution is 4.73. The Balaban J connectivity index is 2.22. The number of aliphatic hydroxyl groups is 1. The van der Waals surface area contributed by atoms with Gasteiger partial charge in [0.05, 0.1) is 13.2 Å². The highest BCUT2D eigenvalue weighted by Crippen LogP contribution is 2.08. The zero-order valence-electron chi connectivity index (χ0n) is 5.54. The SMILES string of the molecule is CCO[C@@H]1COC[C@H]1O. The number of hydrogen-bond acceptors (Lipinski definition) is 3. The second-order valence-electron chi connectivity index (χ2n) is 2.10. The standard InChI is InChI=1S/C6H12O3/c1-2-9-6-4-8-3-5(6)7/h5-7H,2-4H2,1H3/t5-,6-/m1/s1. The molecule has 1 saturated heterocycles. The van der Waals surface area contributed by atoms with Gasteiger partial charge in [-0.1, -0.05) is 0 Å². The topological polar surface area (TPSA) is 38.7 Å². The van der Waals surface area contributed by atoms with Crippen molar-refractivity contribution in [2.24, 2.45) is 0 Å². The summed E-state index contributed by atoms with van der Waals surface area (Å²) >= 11 is 0. The lowest BCUT2D eigenvalue weighted by atomic mass is 10.3. The van der Waals surface area contributed by atoms with E-state index < -0.39 is 6.10 Å². The van der Waals surface area contributed by atoms with Crippen LogP contribution in [0.25, 0.3) is 0 Å². The maximum Gasteiger partial charge on any atom is 0.109 e. The van der Waals surface area contributed by atoms with Gasteiger partial charge in [-0.2, -0.15) is 0 Å². The van der Waals surface area contributed by atoms with Crippen LogP contribution in [0.4, 0.5) is 0 Å². The molecule has 2 atom stereocenters. The third-order valence-corrected chi connectivity index (χ3v) is 1.38. The predicted octanol–water partition coefficient (Wildman–Crippen LogP) is -0.217. The van der Waals surface area contributed by atoms with Crippen molar-refractivity contribution in [3.8, 4) is 0 Å². The molecule has 0 aromatic heterocycles. The number of ether oxygens (including phenoxy) is 2. The van der Waals surface area contributed by atoms with Crippen molar-refractivity contribution in [2.45, 2.75) is 19.1 Å². The Kier molecular flexibility index (Phi) is 2.45. The Labute approximate surface area is 54.6 Å². The molecule has 3 heteroatoms. The van der Waals surface area contributed by atoms with Crippen molar-refractivity contribution >= 4 is 0 Å². The van der Waals surface area contributed by atoms with Crippen molar-refractivity contribution in [1.82, 2.24) is 0 Å². The van der Waals surface area contributed by atoms with Crippen LogP contribution in [-0.4, -0.2) is 37.1 Å². The number of rotatable bonds is 2. The van der Waals surface area contributed by atoms with Crippen LogP contribution in [0.2, 0.25) is 0 Å². The maximum absolute atomic E-state index is 9.07. The van der Waals surface area contributed by atoms with Gasteiger partial charge >= 0.3 is 0 Å². The van der Waals surface area contributed by atoms with E-state index in [0.717, 1.165) is 0 Å². The molecule has 0 amide bonds. The molecule has 1 N–H and O–H groups in total. The molecule has 1 aliphatic rings. The van der Waals surface area contributed by atoms with E-state index in [1.807, 2.05) is 6.92 Å². The van der Waals surface area contributed by atoms with Gasteiger partial charge in [-0.05, 0) is 6.92 Å². The lowest BCUT2D eigenvalue weighted by Crippen LogP contribution is -2.26. The van der Waals surface area contributed by atoms with Crippen LogP contribution in [0.3, 0.4) is 0 Å². The normalized spacial score (nSPS) is 35.3. The molecule has 1 aliphatic heterocycles. The molecular formula is C6H12O3. The second-order valence-corrected chi connectivity index (χ2v) is 2.10. The van der Waals surface area contributed by atoms with E-state index in [1.165, 1.54) is 0 Å². The largest absolute Gasteiger partial charge is 0.388 e. The van der Waals surface area contributed by atoms with Gasteiger partial charge < -0.3 is 14.6 Å². The van der Waals surface area contributed by atoms with Gasteiger partial charge in [-0.25, -0.2) is 0 Å². The third kappa shape index (κ3) is 1.64. The van der Waals surface area contributed by atoms with Gasteiger partial charge in [0.1, 0.15) is 12.2 Å². The zero-order chi connectivity index (χ0) is 6.69. The van der Waals surface area contributed by atoms with E-state index >= 15 is 0 Å². The Bertz CT molecular complexity index is 84.4. The molecule has 0 unspecified atom stereocenters. The molecule has 9 heavy (non-hydrogen) atoms. The van der Waals surface area contributed by atoms with E-state index in [4.69, 9.17) is 14.6 Å². The first-order chi connectivity index (χ1) is 4.34. The first kappa shape index (κ1) is 6.99. The molecule has 0 spiro atoms. The lowest BCUT2D eigenvalue weighted by Gasteiger charge is -2.10. The van der Waals surface area contributed by atoms with Crippen LogP contribution in [0.5, 0.6) is 0 Å². The summed E-state index contributed by atoms with van der Waals surface area (Å²) in [6.45, 7) is 3.51. The highest BCUT2D eigenvalue weighted by Gasteiger charge is 2.25. The summed E-state index contributed by atoms with van der Waals surface area (Å²) < 4.78 is 10.1. The van der Waals surface area contributed by atoms with Crippen molar-refractivity contribution in [2.75, 3.05) is 19.8 Å². The lowest BCUT2D eigenvalue weighted by molar-refractivity contribution is -0.00344. The summed E-state index contributed by atoms with van der Waals surface area (Å²) in [5, 5.41) is 9.07. The van der Waals surface area contributed by atoms with Crippen LogP contribution in [0.15, 0.2) is 0 Å². The van der Waals surface area contributed by atoms with E-state index in [0.29, 0.717) is 19.8 Å². The summed E-state index contributed by atoms with van der Waals surface area (Å²) in [6.07, 6.45) is -0.500. The van der Waals surface area contributed by atoms with E-state index in [-0.39, 0.29) is 6.10 Å². The van der Waals surface area contributed by atoms with Gasteiger partial charge in [0.2, 0.25) is 0 Å². The molecular weight excluding hydrogens is 120 g/mol. The first-order valence-electron chi connectivity index (χ1n) is 3.22. The van der Waals surface area contributed by atoms with Gasteiger partial charge in [0.25, 0.3) is 0 Å². The third-order valence-electron chi connectivity index (χ3n) is 1.38. The molecule has 1 rings (SSSR count). The van der Waals surface area contributed by atoms with E-state index in [9.17, 15) is 0 Å². The highest BCUT2D eigenvalue weighted by atomic mass is 16.6. The van der Waals surface area contributed by atoms with Gasteiger partial charge in [0, 0.05) is 6.61 Å². The molecule has 0 radical (unpaired) electrons. The second kappa shape index (κ2) is 3.15. The van der Waals surface area contributed by atoms with Crippen molar-refractivity contribution in [3.63, 3.8) is 0 Å². The fourth-order valence-corrected chi connectivity index (χ4v) is 0.897. The summed E-state index contributed by atoms with van der Waals surface area (Å²) in [7, 11) is 0. The molecule has 3 nitrogen and oxygen atoms in total. The smallest absolute Gasteiger partial charge is 0.109 e. The van der Waals surface area contributed by atoms with Crippen molar-refractivity contribution < 1.29 is 14.6 Å². The van der Waals surface area contributed by atoms with Crippen molar-refractivity contribution in [1.29, 1.82) is 0 Å². The molecule has 0 aromatic rings. The first-order valence-corrected chi connectivity index (χ1v) is 3.22. The summed E-state index contributed by atoms with van der Waals surface area (Å²) in [6, 6.07) is 0. The Morgan fingerprint density at radius 3 is 2.89 bits per heavy atom. The predicted molar refractivity (Wildman–Crippen MR) is 32.2 cm³/mol. The molecule has 0 aromatic carbocycles. The van der Waals surface area contributed by atoms with Crippen LogP contribution in [0.1, 0.15) is 6.92 Å². The van der Waals surface area contributed by atoms with E-state index in [2.05, 4.69) is 0 Å². The van der Waals surface area contributed by atoms with Crippen LogP contribution < -0.4 is 0 Å². The fraction of sp³-hybridized carbons (Fsp3) is 1.00. The quantitative estimate of drug-likeness (QED) is 0.564. The molecule has 0 aliphatic carbocycles. The Morgan fingerprint density at radius 2 is 2.44 bits per heavy atom. The van der Waals surface area contributed by atoms with Crippen LogP contribution in [-0.2, 0) is 9.47 Å². The minimum Gasteiger partial charge on any atom is -0.388 e. The molecule has 1 fully saturated rings. The average molecular weight is 132 g/mol. The van der Waals surface area contributed by atoms with Crippen LogP contribution in [0, 0.1) is 0 Å². The molecule has 0 bridgehead atoms. The van der Waals surface area contributed by atoms with Crippen molar-refractivity contribution in [3.05, 3.63) is 0 Å². The van der Waals surface area contributed by atoms with Gasteiger partial charge in [-0.3, -0.25) is 0 Å². The Hall–Kier alpha value is -0.120. The number of aliphatic hydroxyl groups excluding tert-OH is 1. The van der Waals surface area contributed by atoms with Gasteiger partial charge in [0.15, 0.2) is 0 Å². The van der Waals surface area contributed by atoms with Crippen LogP contribution >= 0.6 is 0 Å². The molecule has 54 valence electrons. The molecule has 1 heterocycles.